The first-order chi connectivity index (χ1) is 39.0. The van der Waals surface area contributed by atoms with Gasteiger partial charge in [0.25, 0.3) is 21.9 Å². The monoisotopic (exact) mass is 1170 g/mol. The number of aliphatic hydroxyl groups is 1. The molecule has 0 aromatic heterocycles. The number of carbonyl (C=O) groups excluding carboxylic acids is 3. The van der Waals surface area contributed by atoms with E-state index in [2.05, 4.69) is 43.0 Å². The van der Waals surface area contributed by atoms with Crippen LogP contribution in [0.5, 0.6) is 17.2 Å². The maximum atomic E-state index is 14.4. The Hall–Kier alpha value is -5.64. The highest BCUT2D eigenvalue weighted by atomic mass is 33.1. The zero-order chi connectivity index (χ0) is 57.4. The van der Waals surface area contributed by atoms with Crippen LogP contribution in [-0.2, 0) is 72.2 Å². The molecule has 4 heterocycles. The molecule has 0 radical (unpaired) electrons. The lowest BCUT2D eigenvalue weighted by atomic mass is 9.97. The number of benzene rings is 5. The van der Waals surface area contributed by atoms with Gasteiger partial charge < -0.3 is 48.2 Å². The van der Waals surface area contributed by atoms with Gasteiger partial charge in [0.05, 0.1) is 59.4 Å². The zero-order valence-corrected chi connectivity index (χ0v) is 49.9. The number of hydrogen-bond donors (Lipinski definition) is 1. The van der Waals surface area contributed by atoms with Crippen LogP contribution in [-0.4, -0.2) is 133 Å². The van der Waals surface area contributed by atoms with Crippen molar-refractivity contribution in [1.29, 1.82) is 0 Å². The van der Waals surface area contributed by atoms with Crippen LogP contribution in [0.25, 0.3) is 0 Å². The number of anilines is 3. The maximum absolute atomic E-state index is 14.4. The van der Waals surface area contributed by atoms with E-state index < -0.39 is 32.3 Å². The molecule has 5 aromatic carbocycles. The van der Waals surface area contributed by atoms with Crippen molar-refractivity contribution in [2.75, 3.05) is 87.9 Å². The Kier molecular flexibility index (Phi) is 19.8. The molecule has 434 valence electrons. The SMILES string of the molecule is CCC(=O)C(CCSSC(C)(C)CN(CCOCCOCCOC)c1cc(COc2cc3c(cc2C)C(=O)N2c4ccccc4C[C@H]2CC3)cc(COc2cc3c(cc2OC)C(=O)N2c4ccccc4C[C@H]2C(O)C3)c1)S(=O)(=O)OC. The number of fused-ring (bicyclic) bond motifs is 8. The average molecular weight is 1170 g/mol. The molecule has 9 rings (SSSR count). The average Bonchev–Trinajstić information content (AvgIpc) is 3.60. The van der Waals surface area contributed by atoms with E-state index >= 15 is 0 Å². The molecule has 4 atom stereocenters. The number of nitrogens with zero attached hydrogens (tertiary/aromatic N) is 3. The minimum Gasteiger partial charge on any atom is -0.493 e. The Morgan fingerprint density at radius 3 is 2.07 bits per heavy atom. The zero-order valence-electron chi connectivity index (χ0n) is 47.4. The first kappa shape index (κ1) is 60.0. The summed E-state index contributed by atoms with van der Waals surface area (Å²) in [6.07, 6.45) is 2.63. The lowest BCUT2D eigenvalue weighted by Gasteiger charge is -2.34. The van der Waals surface area contributed by atoms with E-state index in [1.807, 2.05) is 72.5 Å². The van der Waals surface area contributed by atoms with Crippen LogP contribution in [0.3, 0.4) is 0 Å². The van der Waals surface area contributed by atoms with Crippen LogP contribution >= 0.6 is 21.6 Å². The van der Waals surface area contributed by atoms with Crippen molar-refractivity contribution >= 4 is 66.4 Å². The number of ether oxygens (including phenoxy) is 6. The van der Waals surface area contributed by atoms with E-state index in [0.717, 1.165) is 71.3 Å². The quantitative estimate of drug-likeness (QED) is 0.0284. The van der Waals surface area contributed by atoms with Crippen molar-refractivity contribution in [3.05, 3.63) is 141 Å². The smallest absolute Gasteiger partial charge is 0.277 e. The lowest BCUT2D eigenvalue weighted by molar-refractivity contribution is -0.118. The molecule has 4 aliphatic heterocycles. The highest BCUT2D eigenvalue weighted by molar-refractivity contribution is 8.77. The van der Waals surface area contributed by atoms with Crippen LogP contribution in [0, 0.1) is 6.92 Å². The highest BCUT2D eigenvalue weighted by Gasteiger charge is 2.43. The molecule has 0 saturated carbocycles. The van der Waals surface area contributed by atoms with Gasteiger partial charge in [0.1, 0.15) is 24.2 Å². The van der Waals surface area contributed by atoms with E-state index in [1.165, 1.54) is 16.4 Å². The van der Waals surface area contributed by atoms with Gasteiger partial charge >= 0.3 is 0 Å². The number of aryl methyl sites for hydroxylation is 2. The number of para-hydroxylation sites is 2. The topological polar surface area (TPSA) is 180 Å². The number of hydrogen-bond acceptors (Lipinski definition) is 16. The van der Waals surface area contributed by atoms with Crippen LogP contribution in [0.2, 0.25) is 0 Å². The first-order valence-corrected chi connectivity index (χ1v) is 31.6. The molecule has 2 unspecified atom stereocenters. The van der Waals surface area contributed by atoms with Crippen molar-refractivity contribution in [3.8, 4) is 17.2 Å². The second-order valence-electron chi connectivity index (χ2n) is 21.6. The molecule has 0 spiro atoms. The van der Waals surface area contributed by atoms with Crippen LogP contribution < -0.4 is 28.9 Å². The molecule has 4 aliphatic rings. The summed E-state index contributed by atoms with van der Waals surface area (Å²) in [6, 6.07) is 29.4. The summed E-state index contributed by atoms with van der Waals surface area (Å²) in [6.45, 7) is 11.3. The molecule has 16 nitrogen and oxygen atoms in total. The molecule has 2 amide bonds. The second kappa shape index (κ2) is 26.7. The van der Waals surface area contributed by atoms with Gasteiger partial charge in [-0.3, -0.25) is 18.6 Å². The molecular formula is C62H75N3O13S3. The molecule has 5 aromatic rings. The lowest BCUT2D eigenvalue weighted by Crippen LogP contribution is -2.43. The predicted molar refractivity (Wildman–Crippen MR) is 318 cm³/mol. The molecular weight excluding hydrogens is 1090 g/mol. The van der Waals surface area contributed by atoms with Gasteiger partial charge in [-0.2, -0.15) is 8.42 Å². The Bertz CT molecular complexity index is 3190. The summed E-state index contributed by atoms with van der Waals surface area (Å²) in [5.74, 6) is 1.35. The molecule has 0 saturated heterocycles. The van der Waals surface area contributed by atoms with Crippen LogP contribution in [0.4, 0.5) is 17.1 Å². The third-order valence-corrected chi connectivity index (χ3v) is 20.5. The number of ketones is 1. The summed E-state index contributed by atoms with van der Waals surface area (Å²) in [7, 11) is 3.35. The van der Waals surface area contributed by atoms with Crippen molar-refractivity contribution in [2.24, 2.45) is 0 Å². The van der Waals surface area contributed by atoms with Gasteiger partial charge in [-0.05, 0) is 146 Å². The van der Waals surface area contributed by atoms with Crippen LogP contribution in [0.15, 0.2) is 91.0 Å². The molecule has 0 fully saturated rings. The van der Waals surface area contributed by atoms with E-state index in [-0.39, 0.29) is 56.1 Å². The van der Waals surface area contributed by atoms with E-state index in [1.54, 1.807) is 42.9 Å². The third-order valence-electron chi connectivity index (χ3n) is 15.5. The summed E-state index contributed by atoms with van der Waals surface area (Å²) in [5.41, 5.74) is 10.2. The van der Waals surface area contributed by atoms with Gasteiger partial charge in [0, 0.05) is 77.8 Å². The Labute approximate surface area is 484 Å². The highest BCUT2D eigenvalue weighted by Crippen LogP contribution is 2.43. The third kappa shape index (κ3) is 13.9. The van der Waals surface area contributed by atoms with Crippen molar-refractivity contribution < 1.29 is 60.5 Å². The van der Waals surface area contributed by atoms with E-state index in [4.69, 9.17) is 32.6 Å². The Morgan fingerprint density at radius 2 is 1.38 bits per heavy atom. The molecule has 19 heteroatoms. The minimum absolute atomic E-state index is 0.0152. The largest absolute Gasteiger partial charge is 0.493 e. The van der Waals surface area contributed by atoms with Gasteiger partial charge in [0.2, 0.25) is 0 Å². The number of aliphatic hydroxyl groups excluding tert-OH is 1. The normalized spacial score (nSPS) is 17.8. The fraction of sp³-hybridized carbons (Fsp3) is 0.468. The number of Topliss-reactive ketones (excluding diaryl/α,β-unsaturated/α-hetero) is 1. The Balaban J connectivity index is 1.00. The number of carbonyl (C=O) groups is 3. The van der Waals surface area contributed by atoms with Gasteiger partial charge in [0.15, 0.2) is 17.3 Å². The van der Waals surface area contributed by atoms with Crippen molar-refractivity contribution in [2.45, 2.75) is 114 Å². The van der Waals surface area contributed by atoms with Crippen molar-refractivity contribution in [3.63, 3.8) is 0 Å². The molecule has 0 aliphatic carbocycles. The summed E-state index contributed by atoms with van der Waals surface area (Å²) in [5, 5.41) is 10.4. The van der Waals surface area contributed by atoms with Gasteiger partial charge in [-0.1, -0.05) is 64.9 Å². The predicted octanol–water partition coefficient (Wildman–Crippen LogP) is 9.53. The first-order valence-electron chi connectivity index (χ1n) is 27.8. The standard InChI is InChI=1S/C62H75N3O13S3/c1-8-54(66)59(81(70,71)74-7)19-26-79-80-62(3,4)39-63(20-21-75-24-25-76-23-22-72-5)48-29-41(37-77-56-34-43-17-18-47-31-44-13-9-11-15-51(44)64(47)60(68)49(43)27-40(56)2)28-42(30-48)38-78-58-35-46-33-55(67)53-32-45-14-10-12-16-52(45)65(53)61(69)50(46)36-57(58)73-6/h9-16,27-30,34-36,47,53,55,59,67H,8,17-26,31-33,37-39H2,1-7H3/t47-,53+,55?,59?/m1/s1. The summed E-state index contributed by atoms with van der Waals surface area (Å²) >= 11 is 0. The van der Waals surface area contributed by atoms with E-state index in [9.17, 15) is 27.9 Å². The van der Waals surface area contributed by atoms with E-state index in [0.29, 0.717) is 92.2 Å². The number of methoxy groups -OCH3 is 2. The maximum Gasteiger partial charge on any atom is 0.277 e. The van der Waals surface area contributed by atoms with Crippen molar-refractivity contribution in [1.82, 2.24) is 0 Å². The molecule has 81 heavy (non-hydrogen) atoms. The Morgan fingerprint density at radius 1 is 0.753 bits per heavy atom. The van der Waals surface area contributed by atoms with Gasteiger partial charge in [-0.15, -0.1) is 0 Å². The second-order valence-corrected chi connectivity index (χ2v) is 26.6. The van der Waals surface area contributed by atoms with Gasteiger partial charge in [-0.25, -0.2) is 0 Å². The fourth-order valence-electron chi connectivity index (χ4n) is 11.4. The summed E-state index contributed by atoms with van der Waals surface area (Å²) in [4.78, 5) is 47.3. The number of amides is 2. The fourth-order valence-corrected chi connectivity index (χ4v) is 15.3. The number of rotatable bonds is 28. The summed E-state index contributed by atoms with van der Waals surface area (Å²) < 4.78 is 66.1. The molecule has 1 N–H and O–H groups in total. The van der Waals surface area contributed by atoms with Crippen LogP contribution in [0.1, 0.15) is 99.7 Å². The minimum atomic E-state index is -4.04. The molecule has 0 bridgehead atoms.